The van der Waals surface area contributed by atoms with Gasteiger partial charge in [-0.25, -0.2) is 0 Å². The second-order valence-corrected chi connectivity index (χ2v) is 4.95. The average molecular weight is 247 g/mol. The Bertz CT molecular complexity index is 413. The van der Waals surface area contributed by atoms with Crippen molar-refractivity contribution in [3.63, 3.8) is 0 Å². The van der Waals surface area contributed by atoms with Gasteiger partial charge in [0.15, 0.2) is 0 Å². The summed E-state index contributed by atoms with van der Waals surface area (Å²) in [5.41, 5.74) is 6.78. The number of piperidine rings is 1. The van der Waals surface area contributed by atoms with E-state index in [9.17, 15) is 4.79 Å². The van der Waals surface area contributed by atoms with Crippen molar-refractivity contribution in [2.24, 2.45) is 11.7 Å². The van der Waals surface area contributed by atoms with E-state index in [1.54, 1.807) is 6.07 Å². The largest absolute Gasteiger partial charge is 0.382 e. The first-order valence-electron chi connectivity index (χ1n) is 6.54. The van der Waals surface area contributed by atoms with Gasteiger partial charge in [0, 0.05) is 11.7 Å². The lowest BCUT2D eigenvalue weighted by Crippen LogP contribution is -2.39. The van der Waals surface area contributed by atoms with Crippen molar-refractivity contribution < 1.29 is 4.79 Å². The van der Waals surface area contributed by atoms with Gasteiger partial charge in [-0.3, -0.25) is 4.79 Å². The molecule has 1 saturated heterocycles. The zero-order valence-corrected chi connectivity index (χ0v) is 10.8. The van der Waals surface area contributed by atoms with Gasteiger partial charge in [0.05, 0.1) is 5.56 Å². The zero-order valence-electron chi connectivity index (χ0n) is 10.8. The van der Waals surface area contributed by atoms with Crippen LogP contribution in [-0.4, -0.2) is 25.0 Å². The minimum atomic E-state index is -0.382. The Morgan fingerprint density at radius 1 is 1.50 bits per heavy atom. The van der Waals surface area contributed by atoms with Crippen LogP contribution in [0.3, 0.4) is 0 Å². The Labute approximate surface area is 108 Å². The fourth-order valence-corrected chi connectivity index (χ4v) is 2.49. The second-order valence-electron chi connectivity index (χ2n) is 4.95. The lowest BCUT2D eigenvalue weighted by Gasteiger charge is -2.30. The molecule has 0 aromatic heterocycles. The molecule has 0 radical (unpaired) electrons. The number of carbonyl (C=O) groups is 1. The van der Waals surface area contributed by atoms with Gasteiger partial charge in [0.2, 0.25) is 0 Å². The smallest absolute Gasteiger partial charge is 0.250 e. The molecule has 1 amide bonds. The van der Waals surface area contributed by atoms with Crippen LogP contribution in [0.25, 0.3) is 0 Å². The van der Waals surface area contributed by atoms with Crippen molar-refractivity contribution in [3.05, 3.63) is 29.8 Å². The number of nitrogens with one attached hydrogen (secondary N) is 2. The van der Waals surface area contributed by atoms with Crippen LogP contribution in [0.1, 0.15) is 30.1 Å². The number of carbonyl (C=O) groups excluding carboxylic acids is 1. The summed E-state index contributed by atoms with van der Waals surface area (Å²) in [6, 6.07) is 7.75. The maximum atomic E-state index is 11.3. The van der Waals surface area contributed by atoms with E-state index in [2.05, 4.69) is 17.6 Å². The third kappa shape index (κ3) is 3.01. The topological polar surface area (TPSA) is 67.1 Å². The van der Waals surface area contributed by atoms with E-state index >= 15 is 0 Å². The van der Waals surface area contributed by atoms with Crippen LogP contribution in [0.4, 0.5) is 5.69 Å². The molecule has 1 aliphatic heterocycles. The fraction of sp³-hybridized carbons (Fsp3) is 0.500. The SMILES string of the molecule is CC(Nc1ccccc1C(N)=O)C1CCCNC1. The van der Waals surface area contributed by atoms with Gasteiger partial charge < -0.3 is 16.4 Å². The molecule has 18 heavy (non-hydrogen) atoms. The Morgan fingerprint density at radius 2 is 2.28 bits per heavy atom. The predicted octanol–water partition coefficient (Wildman–Crippen LogP) is 1.59. The maximum absolute atomic E-state index is 11.3. The predicted molar refractivity (Wildman–Crippen MR) is 73.6 cm³/mol. The molecule has 98 valence electrons. The normalized spacial score (nSPS) is 21.3. The molecule has 0 saturated carbocycles. The van der Waals surface area contributed by atoms with Gasteiger partial charge in [0.1, 0.15) is 0 Å². The van der Waals surface area contributed by atoms with Crippen molar-refractivity contribution in [1.82, 2.24) is 5.32 Å². The van der Waals surface area contributed by atoms with Crippen molar-refractivity contribution in [2.75, 3.05) is 18.4 Å². The Hall–Kier alpha value is -1.55. The molecule has 4 N–H and O–H groups in total. The number of para-hydroxylation sites is 1. The highest BCUT2D eigenvalue weighted by Gasteiger charge is 2.20. The first-order chi connectivity index (χ1) is 8.68. The molecule has 1 aromatic rings. The second kappa shape index (κ2) is 5.87. The molecular weight excluding hydrogens is 226 g/mol. The van der Waals surface area contributed by atoms with Crippen LogP contribution in [0.15, 0.2) is 24.3 Å². The number of amides is 1. The molecule has 1 aromatic carbocycles. The molecule has 1 aliphatic rings. The van der Waals surface area contributed by atoms with E-state index in [0.717, 1.165) is 18.8 Å². The third-order valence-electron chi connectivity index (χ3n) is 3.62. The van der Waals surface area contributed by atoms with Gasteiger partial charge in [-0.15, -0.1) is 0 Å². The third-order valence-corrected chi connectivity index (χ3v) is 3.62. The Morgan fingerprint density at radius 3 is 2.94 bits per heavy atom. The average Bonchev–Trinajstić information content (AvgIpc) is 2.40. The molecule has 1 heterocycles. The molecule has 4 heteroatoms. The highest BCUT2D eigenvalue weighted by atomic mass is 16.1. The van der Waals surface area contributed by atoms with Gasteiger partial charge in [-0.05, 0) is 50.9 Å². The summed E-state index contributed by atoms with van der Waals surface area (Å²) < 4.78 is 0. The van der Waals surface area contributed by atoms with Crippen LogP contribution in [0, 0.1) is 5.92 Å². The van der Waals surface area contributed by atoms with Crippen LogP contribution >= 0.6 is 0 Å². The number of anilines is 1. The van der Waals surface area contributed by atoms with E-state index in [-0.39, 0.29) is 5.91 Å². The summed E-state index contributed by atoms with van der Waals surface area (Å²) in [6.07, 6.45) is 2.44. The summed E-state index contributed by atoms with van der Waals surface area (Å²) in [5, 5.41) is 6.83. The van der Waals surface area contributed by atoms with Gasteiger partial charge in [-0.1, -0.05) is 12.1 Å². The zero-order chi connectivity index (χ0) is 13.0. The number of hydrogen-bond donors (Lipinski definition) is 3. The first kappa shape index (κ1) is 12.9. The Kier molecular flexibility index (Phi) is 4.20. The van der Waals surface area contributed by atoms with Crippen molar-refractivity contribution >= 4 is 11.6 Å². The monoisotopic (exact) mass is 247 g/mol. The summed E-state index contributed by atoms with van der Waals surface area (Å²) in [4.78, 5) is 11.3. The first-order valence-corrected chi connectivity index (χ1v) is 6.54. The molecule has 0 spiro atoms. The lowest BCUT2D eigenvalue weighted by atomic mass is 9.92. The lowest BCUT2D eigenvalue weighted by molar-refractivity contribution is 0.100. The molecule has 2 unspecified atom stereocenters. The Balaban J connectivity index is 2.06. The van der Waals surface area contributed by atoms with Gasteiger partial charge >= 0.3 is 0 Å². The fourth-order valence-electron chi connectivity index (χ4n) is 2.49. The van der Waals surface area contributed by atoms with Crippen LogP contribution in [0.2, 0.25) is 0 Å². The summed E-state index contributed by atoms with van der Waals surface area (Å²) >= 11 is 0. The van der Waals surface area contributed by atoms with E-state index in [4.69, 9.17) is 5.73 Å². The van der Waals surface area contributed by atoms with E-state index in [0.29, 0.717) is 17.5 Å². The van der Waals surface area contributed by atoms with Crippen LogP contribution in [0.5, 0.6) is 0 Å². The van der Waals surface area contributed by atoms with Gasteiger partial charge in [0.25, 0.3) is 5.91 Å². The van der Waals surface area contributed by atoms with E-state index < -0.39 is 0 Å². The molecule has 2 atom stereocenters. The minimum absolute atomic E-state index is 0.332. The summed E-state index contributed by atoms with van der Waals surface area (Å²) in [5.74, 6) is 0.215. The van der Waals surface area contributed by atoms with Gasteiger partial charge in [-0.2, -0.15) is 0 Å². The molecular formula is C14H21N3O. The number of benzene rings is 1. The molecule has 4 nitrogen and oxygen atoms in total. The number of nitrogens with two attached hydrogens (primary N) is 1. The molecule has 0 bridgehead atoms. The maximum Gasteiger partial charge on any atom is 0.250 e. The van der Waals surface area contributed by atoms with Crippen LogP contribution < -0.4 is 16.4 Å². The van der Waals surface area contributed by atoms with Crippen molar-refractivity contribution in [3.8, 4) is 0 Å². The molecule has 2 rings (SSSR count). The number of hydrogen-bond acceptors (Lipinski definition) is 3. The number of primary amides is 1. The summed E-state index contributed by atoms with van der Waals surface area (Å²) in [6.45, 7) is 4.31. The highest BCUT2D eigenvalue weighted by Crippen LogP contribution is 2.21. The minimum Gasteiger partial charge on any atom is -0.382 e. The highest BCUT2D eigenvalue weighted by molar-refractivity contribution is 5.98. The van der Waals surface area contributed by atoms with Crippen LogP contribution in [-0.2, 0) is 0 Å². The number of rotatable bonds is 4. The molecule has 1 fully saturated rings. The standard InChI is InChI=1S/C14H21N3O/c1-10(11-5-4-8-16-9-11)17-13-7-3-2-6-12(13)14(15)18/h2-3,6-7,10-11,16-17H,4-5,8-9H2,1H3,(H2,15,18). The summed E-state index contributed by atoms with van der Waals surface area (Å²) in [7, 11) is 0. The quantitative estimate of drug-likeness (QED) is 0.757. The van der Waals surface area contributed by atoms with Crippen molar-refractivity contribution in [1.29, 1.82) is 0 Å². The molecule has 0 aliphatic carbocycles. The van der Waals surface area contributed by atoms with E-state index in [1.165, 1.54) is 12.8 Å². The van der Waals surface area contributed by atoms with Crippen molar-refractivity contribution in [2.45, 2.75) is 25.8 Å². The van der Waals surface area contributed by atoms with E-state index in [1.807, 2.05) is 18.2 Å².